The summed E-state index contributed by atoms with van der Waals surface area (Å²) < 4.78 is 25.3. The summed E-state index contributed by atoms with van der Waals surface area (Å²) in [6, 6.07) is 16.9. The van der Waals surface area contributed by atoms with Crippen LogP contribution in [0.4, 0.5) is 14.9 Å². The van der Waals surface area contributed by atoms with Gasteiger partial charge in [-0.05, 0) is 67.1 Å². The highest BCUT2D eigenvalue weighted by Gasteiger charge is 2.35. The van der Waals surface area contributed by atoms with Crippen LogP contribution in [-0.2, 0) is 11.2 Å². The summed E-state index contributed by atoms with van der Waals surface area (Å²) in [5.41, 5.74) is 0.321. The SMILES string of the molecule is CCC(CC)CC1(O)CCN(C(=O)Nc2cc(Oc3ccc(F)cc3)cc(Oc3ccc(CC(=O)O)cc3)c2)CC1. The van der Waals surface area contributed by atoms with Crippen LogP contribution in [0, 0.1) is 11.7 Å². The zero-order chi connectivity index (χ0) is 29.4. The lowest BCUT2D eigenvalue weighted by atomic mass is 9.81. The fourth-order valence-corrected chi connectivity index (χ4v) is 5.03. The maximum absolute atomic E-state index is 13.4. The fraction of sp³-hybridized carbons (Fsp3) is 0.375. The highest BCUT2D eigenvalue weighted by molar-refractivity contribution is 5.90. The molecule has 1 aliphatic heterocycles. The summed E-state index contributed by atoms with van der Waals surface area (Å²) in [5.74, 6) is 0.788. The summed E-state index contributed by atoms with van der Waals surface area (Å²) >= 11 is 0. The first-order valence-electron chi connectivity index (χ1n) is 14.0. The van der Waals surface area contributed by atoms with Crippen molar-refractivity contribution in [2.75, 3.05) is 18.4 Å². The van der Waals surface area contributed by atoms with E-state index in [-0.39, 0.29) is 18.3 Å². The molecule has 1 fully saturated rings. The number of benzene rings is 3. The van der Waals surface area contributed by atoms with E-state index in [9.17, 15) is 19.1 Å². The van der Waals surface area contributed by atoms with Gasteiger partial charge in [0.15, 0.2) is 0 Å². The van der Waals surface area contributed by atoms with E-state index in [0.717, 1.165) is 19.3 Å². The Labute approximate surface area is 239 Å². The molecule has 9 heteroatoms. The third-order valence-electron chi connectivity index (χ3n) is 7.50. The van der Waals surface area contributed by atoms with Crippen LogP contribution in [0.5, 0.6) is 23.0 Å². The number of rotatable bonds is 11. The standard InChI is InChI=1S/C32H37FN2O6/c1-3-22(4-2)21-32(39)13-15-35(16-14-32)31(38)34-25-18-28(40-26-9-5-23(6-10-26)17-30(36)37)20-29(19-25)41-27-11-7-24(33)8-12-27/h5-12,18-20,22,39H,3-4,13-17,21H2,1-2H3,(H,34,38)(H,36,37). The number of urea groups is 1. The number of amides is 2. The predicted molar refractivity (Wildman–Crippen MR) is 154 cm³/mol. The van der Waals surface area contributed by atoms with E-state index in [2.05, 4.69) is 19.2 Å². The molecule has 0 radical (unpaired) electrons. The van der Waals surface area contributed by atoms with Gasteiger partial charge in [-0.15, -0.1) is 0 Å². The molecular formula is C32H37FN2O6. The van der Waals surface area contributed by atoms with Crippen molar-refractivity contribution in [1.82, 2.24) is 4.90 Å². The molecule has 1 saturated heterocycles. The lowest BCUT2D eigenvalue weighted by Crippen LogP contribution is -2.48. The molecule has 4 rings (SSSR count). The van der Waals surface area contributed by atoms with Gasteiger partial charge in [-0.25, -0.2) is 9.18 Å². The van der Waals surface area contributed by atoms with Crippen molar-refractivity contribution in [2.24, 2.45) is 5.92 Å². The molecular weight excluding hydrogens is 527 g/mol. The van der Waals surface area contributed by atoms with Crippen LogP contribution in [0.3, 0.4) is 0 Å². The number of ether oxygens (including phenoxy) is 2. The topological polar surface area (TPSA) is 108 Å². The number of carboxylic acids is 1. The smallest absolute Gasteiger partial charge is 0.321 e. The van der Waals surface area contributed by atoms with Crippen molar-refractivity contribution in [3.63, 3.8) is 0 Å². The van der Waals surface area contributed by atoms with Crippen LogP contribution in [0.1, 0.15) is 51.5 Å². The molecule has 0 aromatic heterocycles. The summed E-state index contributed by atoms with van der Waals surface area (Å²) in [4.78, 5) is 25.8. The molecule has 3 aromatic rings. The number of aliphatic carboxylic acids is 1. The minimum atomic E-state index is -0.922. The van der Waals surface area contributed by atoms with Gasteiger partial charge in [-0.2, -0.15) is 0 Å². The molecule has 2 amide bonds. The Morgan fingerprint density at radius 3 is 1.95 bits per heavy atom. The number of nitrogens with zero attached hydrogens (tertiary/aromatic N) is 1. The highest BCUT2D eigenvalue weighted by atomic mass is 19.1. The molecule has 41 heavy (non-hydrogen) atoms. The van der Waals surface area contributed by atoms with Crippen molar-refractivity contribution >= 4 is 17.7 Å². The Morgan fingerprint density at radius 1 is 0.902 bits per heavy atom. The molecule has 3 aromatic carbocycles. The minimum Gasteiger partial charge on any atom is -0.481 e. The summed E-state index contributed by atoms with van der Waals surface area (Å²) in [6.45, 7) is 5.17. The lowest BCUT2D eigenvalue weighted by Gasteiger charge is -2.39. The van der Waals surface area contributed by atoms with E-state index in [0.29, 0.717) is 66.1 Å². The highest BCUT2D eigenvalue weighted by Crippen LogP contribution is 2.34. The number of hydrogen-bond donors (Lipinski definition) is 3. The van der Waals surface area contributed by atoms with E-state index < -0.39 is 11.6 Å². The third-order valence-corrected chi connectivity index (χ3v) is 7.50. The second-order valence-corrected chi connectivity index (χ2v) is 10.6. The van der Waals surface area contributed by atoms with Gasteiger partial charge in [-0.1, -0.05) is 38.8 Å². The molecule has 0 bridgehead atoms. The van der Waals surface area contributed by atoms with Crippen molar-refractivity contribution < 1.29 is 33.7 Å². The molecule has 1 aliphatic rings. The van der Waals surface area contributed by atoms with Gasteiger partial charge < -0.3 is 29.9 Å². The number of aliphatic hydroxyl groups is 1. The summed E-state index contributed by atoms with van der Waals surface area (Å²) in [7, 11) is 0. The number of carbonyl (C=O) groups excluding carboxylic acids is 1. The van der Waals surface area contributed by atoms with E-state index in [4.69, 9.17) is 14.6 Å². The normalized spacial score (nSPS) is 14.5. The Kier molecular flexibility index (Phi) is 9.83. The minimum absolute atomic E-state index is 0.0941. The van der Waals surface area contributed by atoms with Crippen LogP contribution in [-0.4, -0.2) is 45.8 Å². The average molecular weight is 565 g/mol. The van der Waals surface area contributed by atoms with Gasteiger partial charge in [0, 0.05) is 37.0 Å². The van der Waals surface area contributed by atoms with Crippen molar-refractivity contribution in [3.8, 4) is 23.0 Å². The number of anilines is 1. The first kappa shape index (κ1) is 29.9. The second-order valence-electron chi connectivity index (χ2n) is 10.6. The number of carbonyl (C=O) groups is 2. The number of likely N-dealkylation sites (tertiary alicyclic amines) is 1. The van der Waals surface area contributed by atoms with Crippen LogP contribution >= 0.6 is 0 Å². The number of nitrogens with one attached hydrogen (secondary N) is 1. The average Bonchev–Trinajstić information content (AvgIpc) is 2.94. The number of hydrogen-bond acceptors (Lipinski definition) is 5. The third kappa shape index (κ3) is 8.69. The lowest BCUT2D eigenvalue weighted by molar-refractivity contribution is -0.136. The van der Waals surface area contributed by atoms with Gasteiger partial charge in [0.05, 0.1) is 12.0 Å². The Bertz CT molecular complexity index is 1320. The molecule has 1 heterocycles. The van der Waals surface area contributed by atoms with E-state index in [1.807, 2.05) is 0 Å². The van der Waals surface area contributed by atoms with Crippen molar-refractivity contribution in [3.05, 3.63) is 78.1 Å². The van der Waals surface area contributed by atoms with Gasteiger partial charge in [0.1, 0.15) is 28.8 Å². The molecule has 218 valence electrons. The van der Waals surface area contributed by atoms with Gasteiger partial charge in [0.2, 0.25) is 0 Å². The maximum Gasteiger partial charge on any atom is 0.321 e. The zero-order valence-electron chi connectivity index (χ0n) is 23.4. The number of piperidine rings is 1. The Hall–Kier alpha value is -4.11. The van der Waals surface area contributed by atoms with Crippen LogP contribution in [0.2, 0.25) is 0 Å². The Balaban J connectivity index is 1.48. The number of carboxylic acid groups (broad SMARTS) is 1. The van der Waals surface area contributed by atoms with E-state index in [1.54, 1.807) is 47.4 Å². The molecule has 0 spiro atoms. The van der Waals surface area contributed by atoms with Crippen molar-refractivity contribution in [2.45, 2.75) is 58.0 Å². The molecule has 0 aliphatic carbocycles. The van der Waals surface area contributed by atoms with E-state index in [1.165, 1.54) is 24.3 Å². The van der Waals surface area contributed by atoms with Crippen LogP contribution < -0.4 is 14.8 Å². The quantitative estimate of drug-likeness (QED) is 0.227. The van der Waals surface area contributed by atoms with Gasteiger partial charge in [-0.3, -0.25) is 4.79 Å². The molecule has 8 nitrogen and oxygen atoms in total. The summed E-state index contributed by atoms with van der Waals surface area (Å²) in [5, 5.41) is 23.0. The molecule has 3 N–H and O–H groups in total. The monoisotopic (exact) mass is 564 g/mol. The van der Waals surface area contributed by atoms with E-state index >= 15 is 0 Å². The molecule has 0 atom stereocenters. The first-order valence-corrected chi connectivity index (χ1v) is 14.0. The zero-order valence-corrected chi connectivity index (χ0v) is 23.4. The second kappa shape index (κ2) is 13.5. The van der Waals surface area contributed by atoms with Gasteiger partial charge >= 0.3 is 12.0 Å². The van der Waals surface area contributed by atoms with Crippen LogP contribution in [0.15, 0.2) is 66.7 Å². The van der Waals surface area contributed by atoms with Crippen molar-refractivity contribution in [1.29, 1.82) is 0 Å². The molecule has 0 saturated carbocycles. The number of halogens is 1. The Morgan fingerprint density at radius 2 is 1.44 bits per heavy atom. The first-order chi connectivity index (χ1) is 19.6. The molecule has 0 unspecified atom stereocenters. The fourth-order valence-electron chi connectivity index (χ4n) is 5.03. The summed E-state index contributed by atoms with van der Waals surface area (Å²) in [6.07, 6.45) is 3.75. The predicted octanol–water partition coefficient (Wildman–Crippen LogP) is 7.22. The maximum atomic E-state index is 13.4. The van der Waals surface area contributed by atoms with Crippen LogP contribution in [0.25, 0.3) is 0 Å². The van der Waals surface area contributed by atoms with Gasteiger partial charge in [0.25, 0.3) is 0 Å². The largest absolute Gasteiger partial charge is 0.481 e.